The molecule has 0 spiro atoms. The summed E-state index contributed by atoms with van der Waals surface area (Å²) in [4.78, 5) is 2.98. The Morgan fingerprint density at radius 2 is 0.588 bits per heavy atom. The van der Waals surface area contributed by atoms with E-state index in [0.29, 0.717) is 5.56 Å². The summed E-state index contributed by atoms with van der Waals surface area (Å²) in [5.74, 6) is 0. The third-order valence-corrected chi connectivity index (χ3v) is 12.7. The number of fused-ring (bicyclic) bond motifs is 4. The van der Waals surface area contributed by atoms with Crippen LogP contribution in [0.25, 0.3) is 0 Å². The van der Waals surface area contributed by atoms with Gasteiger partial charge in [-0.1, -0.05) is 103 Å². The van der Waals surface area contributed by atoms with E-state index in [4.69, 9.17) is 0 Å². The lowest BCUT2D eigenvalue weighted by molar-refractivity contribution is -0.138. The Labute approximate surface area is 381 Å². The molecule has 0 aromatic heterocycles. The van der Waals surface area contributed by atoms with Crippen molar-refractivity contribution in [3.05, 3.63) is 233 Å². The van der Waals surface area contributed by atoms with E-state index < -0.39 is 59.1 Å². The smallest absolute Gasteiger partial charge is 0.311 e. The highest BCUT2D eigenvalue weighted by Crippen LogP contribution is 2.52. The number of hydrogen-bond donors (Lipinski definition) is 0. The molecule has 0 saturated carbocycles. The first kappa shape index (κ1) is 44.4. The summed E-state index contributed by atoms with van der Waals surface area (Å²) in [7, 11) is 0. The molecule has 2 nitrogen and oxygen atoms in total. The fourth-order valence-electron chi connectivity index (χ4n) is 9.79. The second kappa shape index (κ2) is 15.9. The number of nitrogens with zero attached hydrogens (tertiary/aromatic N) is 2. The molecule has 0 saturated heterocycles. The van der Waals surface area contributed by atoms with Crippen LogP contribution in [0.5, 0.6) is 0 Å². The predicted molar refractivity (Wildman–Crippen MR) is 239 cm³/mol. The molecule has 340 valence electrons. The van der Waals surface area contributed by atoms with Crippen molar-refractivity contribution in [1.82, 2.24) is 0 Å². The average Bonchev–Trinajstić information content (AvgIpc) is 3.31. The van der Waals surface area contributed by atoms with Gasteiger partial charge in [0.05, 0.1) is 27.7 Å². The minimum Gasteiger partial charge on any atom is -0.311 e. The van der Waals surface area contributed by atoms with Crippen molar-refractivity contribution in [3.63, 3.8) is 0 Å². The molecule has 0 atom stereocenters. The first-order valence-corrected chi connectivity index (χ1v) is 21.0. The molecule has 68 heavy (non-hydrogen) atoms. The van der Waals surface area contributed by atoms with Crippen LogP contribution in [0.4, 0.5) is 86.8 Å². The normalized spacial score (nSPS) is 13.8. The molecular formula is C53H31BF12N2. The van der Waals surface area contributed by atoms with Gasteiger partial charge in [0, 0.05) is 34.1 Å². The van der Waals surface area contributed by atoms with Crippen LogP contribution in [0.3, 0.4) is 0 Å². The fraction of sp³-hybridized carbons (Fsp3) is 0.0943. The molecule has 0 aliphatic carbocycles. The number of halogens is 12. The minimum atomic E-state index is -4.95. The molecule has 0 radical (unpaired) electrons. The van der Waals surface area contributed by atoms with Gasteiger partial charge in [0.1, 0.15) is 0 Å². The Morgan fingerprint density at radius 3 is 0.897 bits per heavy atom. The Bertz CT molecular complexity index is 2920. The summed E-state index contributed by atoms with van der Waals surface area (Å²) in [6, 6.07) is 44.9. The number of hydrogen-bond acceptors (Lipinski definition) is 2. The first-order chi connectivity index (χ1) is 32.3. The summed E-state index contributed by atoms with van der Waals surface area (Å²) in [6.45, 7) is -1.39. The van der Waals surface area contributed by atoms with Crippen LogP contribution in [-0.2, 0) is 30.1 Å². The van der Waals surface area contributed by atoms with Crippen molar-refractivity contribution in [2.24, 2.45) is 0 Å². The fourth-order valence-corrected chi connectivity index (χ4v) is 9.79. The van der Waals surface area contributed by atoms with E-state index >= 15 is 0 Å². The molecule has 0 amide bonds. The van der Waals surface area contributed by atoms with Crippen molar-refractivity contribution in [2.75, 3.05) is 9.80 Å². The van der Waals surface area contributed by atoms with Crippen LogP contribution in [-0.4, -0.2) is 6.71 Å². The molecule has 0 fully saturated rings. The van der Waals surface area contributed by atoms with Crippen LogP contribution in [0.2, 0.25) is 0 Å². The Balaban J connectivity index is 1.40. The van der Waals surface area contributed by atoms with Crippen LogP contribution < -0.4 is 26.2 Å². The van der Waals surface area contributed by atoms with Gasteiger partial charge >= 0.3 is 24.7 Å². The molecule has 10 rings (SSSR count). The van der Waals surface area contributed by atoms with E-state index in [2.05, 4.69) is 0 Å². The molecule has 2 aliphatic rings. The van der Waals surface area contributed by atoms with Gasteiger partial charge in [-0.15, -0.1) is 0 Å². The zero-order chi connectivity index (χ0) is 48.0. The van der Waals surface area contributed by atoms with E-state index in [1.165, 1.54) is 9.80 Å². The maximum absolute atomic E-state index is 14.8. The van der Waals surface area contributed by atoms with Gasteiger partial charge in [-0.25, -0.2) is 0 Å². The number of benzene rings is 8. The van der Waals surface area contributed by atoms with Crippen molar-refractivity contribution in [2.45, 2.75) is 30.1 Å². The molecule has 8 aromatic carbocycles. The molecule has 0 N–H and O–H groups in total. The predicted octanol–water partition coefficient (Wildman–Crippen LogP) is 14.2. The zero-order valence-corrected chi connectivity index (χ0v) is 34.9. The third-order valence-electron chi connectivity index (χ3n) is 12.7. The summed E-state index contributed by atoms with van der Waals surface area (Å²) in [5.41, 5.74) is -2.44. The van der Waals surface area contributed by atoms with Crippen LogP contribution in [0.1, 0.15) is 44.5 Å². The van der Waals surface area contributed by atoms with Crippen LogP contribution >= 0.6 is 0 Å². The molecule has 2 aliphatic heterocycles. The summed E-state index contributed by atoms with van der Waals surface area (Å²) < 4.78 is 173. The maximum Gasteiger partial charge on any atom is 0.416 e. The lowest BCUT2D eigenvalue weighted by Gasteiger charge is -2.46. The Hall–Kier alpha value is -7.42. The first-order valence-electron chi connectivity index (χ1n) is 21.0. The van der Waals surface area contributed by atoms with Crippen molar-refractivity contribution in [3.8, 4) is 0 Å². The quantitative estimate of drug-likeness (QED) is 0.0931. The third kappa shape index (κ3) is 7.35. The van der Waals surface area contributed by atoms with Crippen molar-refractivity contribution < 1.29 is 52.7 Å². The highest BCUT2D eigenvalue weighted by molar-refractivity contribution is 7.00. The maximum atomic E-state index is 14.8. The van der Waals surface area contributed by atoms with Crippen LogP contribution in [0, 0.1) is 0 Å². The van der Waals surface area contributed by atoms with Gasteiger partial charge in [0.25, 0.3) is 6.71 Å². The molecule has 8 aromatic rings. The second-order valence-electron chi connectivity index (χ2n) is 16.5. The van der Waals surface area contributed by atoms with Crippen molar-refractivity contribution in [1.29, 1.82) is 0 Å². The van der Waals surface area contributed by atoms with Crippen LogP contribution in [0.15, 0.2) is 188 Å². The second-order valence-corrected chi connectivity index (χ2v) is 16.5. The van der Waals surface area contributed by atoms with Gasteiger partial charge in [-0.3, -0.25) is 0 Å². The number of alkyl halides is 12. The van der Waals surface area contributed by atoms with Crippen molar-refractivity contribution >= 4 is 57.2 Å². The van der Waals surface area contributed by atoms with E-state index in [0.717, 1.165) is 102 Å². The Morgan fingerprint density at radius 1 is 0.279 bits per heavy atom. The molecule has 0 unspecified atom stereocenters. The summed E-state index contributed by atoms with van der Waals surface area (Å²) in [5, 5.41) is 0. The standard InChI is InChI=1S/C53H31BF12N2/c55-50(56,57)35-16-22-40(23-17-35)67-44-26-20-37(52(61,62)63)28-42(44)54-43-29-38(53(64,65)66)21-27-45(43)68(41-24-18-36(19-25-41)51(58,59)60)47-31-39(30-46(67)48(47)54)49(32-10-4-1-5-11-32,33-12-6-2-7-13-33)34-14-8-3-9-15-34/h1-31H. The van der Waals surface area contributed by atoms with E-state index in [-0.39, 0.29) is 50.5 Å². The molecule has 2 heterocycles. The van der Waals surface area contributed by atoms with Gasteiger partial charge in [0.2, 0.25) is 0 Å². The van der Waals surface area contributed by atoms with Gasteiger partial charge in [-0.05, 0) is 124 Å². The van der Waals surface area contributed by atoms with Gasteiger partial charge in [-0.2, -0.15) is 52.7 Å². The highest BCUT2D eigenvalue weighted by atomic mass is 19.4. The highest BCUT2D eigenvalue weighted by Gasteiger charge is 2.49. The van der Waals surface area contributed by atoms with E-state index in [1.807, 2.05) is 91.0 Å². The lowest BCUT2D eigenvalue weighted by atomic mass is 9.33. The summed E-state index contributed by atoms with van der Waals surface area (Å²) in [6.07, 6.45) is -19.4. The number of anilines is 6. The lowest BCUT2D eigenvalue weighted by Crippen LogP contribution is -2.61. The SMILES string of the molecule is FC(F)(F)c1ccc(N2c3ccc(C(F)(F)F)cc3B3c4cc(C(F)(F)F)ccc4N(c4ccc(C(F)(F)F)cc4)c4cc(C(c5ccccc5)(c5ccccc5)c5ccccc5)cc2c43)cc1. The van der Waals surface area contributed by atoms with Gasteiger partial charge in [0.15, 0.2) is 0 Å². The molecular weight excluding hydrogens is 903 g/mol. The van der Waals surface area contributed by atoms with Gasteiger partial charge < -0.3 is 9.80 Å². The minimum absolute atomic E-state index is 0.0365. The zero-order valence-electron chi connectivity index (χ0n) is 34.9. The largest absolute Gasteiger partial charge is 0.416 e. The molecule has 15 heteroatoms. The molecule has 0 bridgehead atoms. The Kier molecular flexibility index (Phi) is 10.4. The monoisotopic (exact) mass is 934 g/mol. The summed E-state index contributed by atoms with van der Waals surface area (Å²) >= 11 is 0. The topological polar surface area (TPSA) is 6.48 Å². The average molecular weight is 935 g/mol. The van der Waals surface area contributed by atoms with E-state index in [9.17, 15) is 52.7 Å². The number of rotatable bonds is 6. The van der Waals surface area contributed by atoms with E-state index in [1.54, 1.807) is 12.1 Å².